The number of amides is 1. The van der Waals surface area contributed by atoms with Crippen LogP contribution in [-0.4, -0.2) is 15.5 Å². The first-order valence-corrected chi connectivity index (χ1v) is 9.49. The summed E-state index contributed by atoms with van der Waals surface area (Å²) in [5, 5.41) is 3.05. The Labute approximate surface area is 164 Å². The number of hydrogen-bond acceptors (Lipinski definition) is 2. The van der Waals surface area contributed by atoms with Crippen LogP contribution in [-0.2, 0) is 18.4 Å². The molecule has 0 atom stereocenters. The third-order valence-electron chi connectivity index (χ3n) is 5.12. The minimum absolute atomic E-state index is 0.0183. The summed E-state index contributed by atoms with van der Waals surface area (Å²) in [4.78, 5) is 17.4. The Hall–Kier alpha value is -3.40. The highest BCUT2D eigenvalue weighted by atomic mass is 16.1. The van der Waals surface area contributed by atoms with Crippen LogP contribution in [0.25, 0.3) is 11.0 Å². The van der Waals surface area contributed by atoms with E-state index >= 15 is 0 Å². The van der Waals surface area contributed by atoms with Crippen molar-refractivity contribution in [3.05, 3.63) is 102 Å². The number of fused-ring (bicyclic) bond motifs is 1. The lowest BCUT2D eigenvalue weighted by Gasteiger charge is -2.18. The van der Waals surface area contributed by atoms with Crippen LogP contribution in [0.5, 0.6) is 0 Å². The van der Waals surface area contributed by atoms with Gasteiger partial charge in [0, 0.05) is 19.4 Å². The molecule has 0 unspecified atom stereocenters. The molecule has 0 radical (unpaired) electrons. The molecule has 1 amide bonds. The first-order valence-electron chi connectivity index (χ1n) is 9.49. The van der Waals surface area contributed by atoms with Crippen LogP contribution in [0.1, 0.15) is 29.3 Å². The van der Waals surface area contributed by atoms with Gasteiger partial charge < -0.3 is 9.88 Å². The lowest BCUT2D eigenvalue weighted by molar-refractivity contribution is -0.121. The van der Waals surface area contributed by atoms with Crippen molar-refractivity contribution in [2.75, 3.05) is 0 Å². The summed E-state index contributed by atoms with van der Waals surface area (Å²) < 4.78 is 2.03. The fourth-order valence-corrected chi connectivity index (χ4v) is 3.59. The lowest BCUT2D eigenvalue weighted by atomic mass is 9.88. The van der Waals surface area contributed by atoms with Crippen LogP contribution in [0.15, 0.2) is 84.9 Å². The second kappa shape index (κ2) is 8.09. The molecule has 0 aliphatic rings. The average Bonchev–Trinajstić information content (AvgIpc) is 3.07. The third-order valence-corrected chi connectivity index (χ3v) is 5.12. The van der Waals surface area contributed by atoms with Gasteiger partial charge in [-0.2, -0.15) is 0 Å². The monoisotopic (exact) mass is 369 g/mol. The molecular formula is C24H23N3O. The van der Waals surface area contributed by atoms with E-state index in [2.05, 4.69) is 34.6 Å². The molecule has 4 rings (SSSR count). The Morgan fingerprint density at radius 3 is 2.07 bits per heavy atom. The molecule has 1 N–H and O–H groups in total. The fraction of sp³-hybridized carbons (Fsp3) is 0.167. The molecule has 0 aliphatic carbocycles. The van der Waals surface area contributed by atoms with Gasteiger partial charge in [-0.25, -0.2) is 4.98 Å². The lowest BCUT2D eigenvalue weighted by Crippen LogP contribution is -2.26. The molecule has 0 aliphatic heterocycles. The van der Waals surface area contributed by atoms with Gasteiger partial charge in [0.15, 0.2) is 0 Å². The number of aryl methyl sites for hydroxylation is 1. The van der Waals surface area contributed by atoms with Crippen molar-refractivity contribution < 1.29 is 4.79 Å². The maximum atomic E-state index is 12.8. The Morgan fingerprint density at radius 1 is 0.893 bits per heavy atom. The highest BCUT2D eigenvalue weighted by Crippen LogP contribution is 2.27. The second-order valence-corrected chi connectivity index (χ2v) is 6.93. The van der Waals surface area contributed by atoms with Crippen molar-refractivity contribution >= 4 is 16.9 Å². The zero-order chi connectivity index (χ0) is 19.3. The van der Waals surface area contributed by atoms with Crippen molar-refractivity contribution in [3.63, 3.8) is 0 Å². The number of carbonyl (C=O) groups excluding carboxylic acids is 1. The molecule has 1 heterocycles. The van der Waals surface area contributed by atoms with E-state index in [9.17, 15) is 4.79 Å². The van der Waals surface area contributed by atoms with E-state index in [0.717, 1.165) is 28.0 Å². The molecule has 4 nitrogen and oxygen atoms in total. The molecule has 3 aromatic carbocycles. The predicted octanol–water partition coefficient (Wildman–Crippen LogP) is 4.41. The van der Waals surface area contributed by atoms with E-state index in [-0.39, 0.29) is 11.8 Å². The number of aromatic nitrogens is 2. The van der Waals surface area contributed by atoms with Crippen LogP contribution in [0.2, 0.25) is 0 Å². The highest BCUT2D eigenvalue weighted by molar-refractivity contribution is 5.78. The van der Waals surface area contributed by atoms with Crippen molar-refractivity contribution in [1.82, 2.24) is 14.9 Å². The number of nitrogens with zero attached hydrogens (tertiary/aromatic N) is 2. The maximum Gasteiger partial charge on any atom is 0.221 e. The van der Waals surface area contributed by atoms with E-state index in [1.807, 2.05) is 72.3 Å². The predicted molar refractivity (Wildman–Crippen MR) is 112 cm³/mol. The summed E-state index contributed by atoms with van der Waals surface area (Å²) in [7, 11) is 1.98. The van der Waals surface area contributed by atoms with Crippen molar-refractivity contribution in [2.24, 2.45) is 7.05 Å². The Balaban J connectivity index is 1.49. The van der Waals surface area contributed by atoms with Gasteiger partial charge in [-0.3, -0.25) is 4.79 Å². The van der Waals surface area contributed by atoms with Crippen LogP contribution in [0.4, 0.5) is 0 Å². The van der Waals surface area contributed by atoms with Gasteiger partial charge in [-0.1, -0.05) is 72.8 Å². The molecule has 0 saturated carbocycles. The number of carbonyl (C=O) groups is 1. The molecule has 4 aromatic rings. The van der Waals surface area contributed by atoms with E-state index < -0.39 is 0 Å². The number of para-hydroxylation sites is 2. The molecule has 4 heteroatoms. The molecule has 0 saturated heterocycles. The third kappa shape index (κ3) is 3.81. The molecule has 140 valence electrons. The first kappa shape index (κ1) is 18.0. The van der Waals surface area contributed by atoms with Gasteiger partial charge >= 0.3 is 0 Å². The van der Waals surface area contributed by atoms with Gasteiger partial charge in [0.05, 0.1) is 17.6 Å². The van der Waals surface area contributed by atoms with Crippen LogP contribution in [0, 0.1) is 0 Å². The smallest absolute Gasteiger partial charge is 0.221 e. The van der Waals surface area contributed by atoms with Crippen molar-refractivity contribution in [1.29, 1.82) is 0 Å². The zero-order valence-corrected chi connectivity index (χ0v) is 15.9. The summed E-state index contributed by atoms with van der Waals surface area (Å²) >= 11 is 0. The summed E-state index contributed by atoms with van der Waals surface area (Å²) in [6, 6.07) is 28.4. The van der Waals surface area contributed by atoms with Gasteiger partial charge in [0.2, 0.25) is 5.91 Å². The number of rotatable bonds is 6. The minimum Gasteiger partial charge on any atom is -0.349 e. The van der Waals surface area contributed by atoms with E-state index in [4.69, 9.17) is 0 Å². The number of nitrogens with one attached hydrogen (secondary N) is 1. The Morgan fingerprint density at radius 2 is 1.46 bits per heavy atom. The molecular weight excluding hydrogens is 346 g/mol. The van der Waals surface area contributed by atoms with Gasteiger partial charge in [-0.05, 0) is 23.3 Å². The SMILES string of the molecule is Cn1c(CNC(=O)CC(c2ccccc2)c2ccccc2)nc2ccccc21. The van der Waals surface area contributed by atoms with Crippen LogP contribution in [0.3, 0.4) is 0 Å². The molecule has 28 heavy (non-hydrogen) atoms. The Kier molecular flexibility index (Phi) is 5.20. The second-order valence-electron chi connectivity index (χ2n) is 6.93. The zero-order valence-electron chi connectivity index (χ0n) is 15.9. The maximum absolute atomic E-state index is 12.8. The summed E-state index contributed by atoms with van der Waals surface area (Å²) in [5.74, 6) is 0.901. The molecule has 0 bridgehead atoms. The average molecular weight is 369 g/mol. The largest absolute Gasteiger partial charge is 0.349 e. The number of hydrogen-bond donors (Lipinski definition) is 1. The molecule has 0 spiro atoms. The summed E-state index contributed by atoms with van der Waals surface area (Å²) in [6.07, 6.45) is 0.401. The normalized spacial score (nSPS) is 11.1. The Bertz CT molecular complexity index is 1030. The van der Waals surface area contributed by atoms with Crippen LogP contribution < -0.4 is 5.32 Å². The van der Waals surface area contributed by atoms with Crippen molar-refractivity contribution in [2.45, 2.75) is 18.9 Å². The molecule has 1 aromatic heterocycles. The summed E-state index contributed by atoms with van der Waals surface area (Å²) in [5.41, 5.74) is 4.30. The van der Waals surface area contributed by atoms with E-state index in [1.54, 1.807) is 0 Å². The highest BCUT2D eigenvalue weighted by Gasteiger charge is 2.18. The van der Waals surface area contributed by atoms with Gasteiger partial charge in [0.25, 0.3) is 0 Å². The molecule has 0 fully saturated rings. The van der Waals surface area contributed by atoms with E-state index in [0.29, 0.717) is 13.0 Å². The topological polar surface area (TPSA) is 46.9 Å². The van der Waals surface area contributed by atoms with Gasteiger partial charge in [-0.15, -0.1) is 0 Å². The summed E-state index contributed by atoms with van der Waals surface area (Å²) in [6.45, 7) is 0.417. The number of imidazole rings is 1. The van der Waals surface area contributed by atoms with Gasteiger partial charge in [0.1, 0.15) is 5.82 Å². The van der Waals surface area contributed by atoms with Crippen LogP contribution >= 0.6 is 0 Å². The standard InChI is InChI=1S/C24H23N3O/c1-27-22-15-9-8-14-21(22)26-23(27)17-25-24(28)16-20(18-10-4-2-5-11-18)19-12-6-3-7-13-19/h2-15,20H,16-17H2,1H3,(H,25,28). The number of benzene rings is 3. The fourth-order valence-electron chi connectivity index (χ4n) is 3.59. The minimum atomic E-state index is 0.0183. The van der Waals surface area contributed by atoms with Crippen molar-refractivity contribution in [3.8, 4) is 0 Å². The van der Waals surface area contributed by atoms with E-state index in [1.165, 1.54) is 0 Å². The quantitative estimate of drug-likeness (QED) is 0.547. The first-order chi connectivity index (χ1) is 13.7.